The molecule has 3 aromatic carbocycles. The number of ether oxygens (including phenoxy) is 2. The molecule has 1 aliphatic heterocycles. The van der Waals surface area contributed by atoms with Crippen molar-refractivity contribution in [2.24, 2.45) is 0 Å². The van der Waals surface area contributed by atoms with Crippen molar-refractivity contribution in [1.29, 1.82) is 0 Å². The molecule has 0 spiro atoms. The lowest BCUT2D eigenvalue weighted by atomic mass is 9.68. The molecule has 0 aliphatic carbocycles. The number of hydrogen-bond donors (Lipinski definition) is 1. The first-order valence-electron chi connectivity index (χ1n) is 13.2. The Bertz CT molecular complexity index is 1390. The maximum absolute atomic E-state index is 14.7. The highest BCUT2D eigenvalue weighted by Crippen LogP contribution is 2.51. The van der Waals surface area contributed by atoms with Crippen molar-refractivity contribution in [2.45, 2.75) is 70.6 Å². The van der Waals surface area contributed by atoms with E-state index in [1.165, 1.54) is 12.1 Å². The van der Waals surface area contributed by atoms with E-state index in [4.69, 9.17) is 9.47 Å². The van der Waals surface area contributed by atoms with E-state index in [1.54, 1.807) is 90.1 Å². The van der Waals surface area contributed by atoms with E-state index in [1.807, 2.05) is 18.2 Å². The predicted molar refractivity (Wildman–Crippen MR) is 150 cm³/mol. The van der Waals surface area contributed by atoms with Crippen LogP contribution in [0.3, 0.4) is 0 Å². The van der Waals surface area contributed by atoms with Gasteiger partial charge in [0.25, 0.3) is 0 Å². The molecule has 0 saturated carbocycles. The van der Waals surface area contributed by atoms with E-state index in [9.17, 15) is 18.8 Å². The van der Waals surface area contributed by atoms with Crippen LogP contribution in [0.1, 0.15) is 64.3 Å². The monoisotopic (exact) mass is 546 g/mol. The lowest BCUT2D eigenvalue weighted by Gasteiger charge is -2.38. The van der Waals surface area contributed by atoms with Gasteiger partial charge in [-0.05, 0) is 82.9 Å². The van der Waals surface area contributed by atoms with Gasteiger partial charge in [-0.2, -0.15) is 0 Å². The smallest absolute Gasteiger partial charge is 0.421 e. The third-order valence-electron chi connectivity index (χ3n) is 6.47. The van der Waals surface area contributed by atoms with Gasteiger partial charge in [0.15, 0.2) is 0 Å². The molecule has 7 nitrogen and oxygen atoms in total. The molecule has 1 aliphatic rings. The van der Waals surface area contributed by atoms with Crippen LogP contribution in [0.4, 0.5) is 19.7 Å². The van der Waals surface area contributed by atoms with Crippen LogP contribution in [0, 0.1) is 5.82 Å². The molecule has 0 radical (unpaired) electrons. The minimum absolute atomic E-state index is 0.0534. The topological polar surface area (TPSA) is 84.9 Å². The molecule has 0 fully saturated rings. The maximum atomic E-state index is 14.7. The number of amides is 3. The molecule has 1 heterocycles. The minimum Gasteiger partial charge on any atom is -0.444 e. The third kappa shape index (κ3) is 6.01. The number of rotatable bonds is 5. The normalized spacial score (nSPS) is 17.7. The number of alkyl carbamates (subject to hydrolysis) is 1. The molecule has 0 unspecified atom stereocenters. The summed E-state index contributed by atoms with van der Waals surface area (Å²) in [5.74, 6) is -0.991. The molecular formula is C32H35FN2O5. The fourth-order valence-corrected chi connectivity index (χ4v) is 5.00. The molecule has 8 heteroatoms. The number of carbonyl (C=O) groups is 3. The lowest BCUT2D eigenvalue weighted by Crippen LogP contribution is -2.54. The van der Waals surface area contributed by atoms with E-state index >= 15 is 0 Å². The largest absolute Gasteiger partial charge is 0.444 e. The van der Waals surface area contributed by atoms with Crippen LogP contribution >= 0.6 is 0 Å². The van der Waals surface area contributed by atoms with Crippen molar-refractivity contribution < 1.29 is 28.2 Å². The van der Waals surface area contributed by atoms with Crippen molar-refractivity contribution in [2.75, 3.05) is 4.90 Å². The zero-order valence-electron chi connectivity index (χ0n) is 23.7. The average molecular weight is 547 g/mol. The molecule has 4 rings (SSSR count). The van der Waals surface area contributed by atoms with Gasteiger partial charge in [-0.15, -0.1) is 0 Å². The van der Waals surface area contributed by atoms with Crippen LogP contribution in [0.15, 0.2) is 78.9 Å². The number of carbonyl (C=O) groups excluding carboxylic acids is 3. The number of nitrogens with zero attached hydrogens (tertiary/aromatic N) is 1. The highest BCUT2D eigenvalue weighted by molar-refractivity contribution is 6.21. The van der Waals surface area contributed by atoms with Crippen molar-refractivity contribution >= 4 is 23.8 Å². The number of para-hydroxylation sites is 1. The van der Waals surface area contributed by atoms with E-state index in [2.05, 4.69) is 5.32 Å². The fourth-order valence-electron chi connectivity index (χ4n) is 5.00. The van der Waals surface area contributed by atoms with Gasteiger partial charge < -0.3 is 14.8 Å². The van der Waals surface area contributed by atoms with Gasteiger partial charge in [-0.25, -0.2) is 18.9 Å². The highest BCUT2D eigenvalue weighted by atomic mass is 19.1. The standard InChI is InChI=1S/C32H35FN2O5/c1-30(2,3)39-28(37)34-26(22-12-8-7-9-13-22)32(20-21-16-18-23(33)19-17-21)24-14-10-11-15-25(24)35(27(32)36)29(38)40-31(4,5)6/h7-19,26H,20H2,1-6H3,(H,34,37)/t26-,32+/m1/s1. The molecule has 40 heavy (non-hydrogen) atoms. The second-order valence-electron chi connectivity index (χ2n) is 11.9. The summed E-state index contributed by atoms with van der Waals surface area (Å²) in [6.45, 7) is 10.4. The summed E-state index contributed by atoms with van der Waals surface area (Å²) in [6, 6.07) is 20.9. The summed E-state index contributed by atoms with van der Waals surface area (Å²) in [5.41, 5.74) is -1.01. The number of hydrogen-bond acceptors (Lipinski definition) is 5. The fraction of sp³-hybridized carbons (Fsp3) is 0.344. The SMILES string of the molecule is CC(C)(C)OC(=O)N[C@H](c1ccccc1)[C@@]1(Cc2ccc(F)cc2)C(=O)N(C(=O)OC(C)(C)C)c2ccccc21. The Hall–Kier alpha value is -4.20. The van der Waals surface area contributed by atoms with E-state index < -0.39 is 46.6 Å². The number of halogens is 1. The zero-order chi connectivity index (χ0) is 29.3. The second-order valence-corrected chi connectivity index (χ2v) is 11.9. The van der Waals surface area contributed by atoms with E-state index in [0.29, 0.717) is 22.4 Å². The number of benzene rings is 3. The summed E-state index contributed by atoms with van der Waals surface area (Å²) in [7, 11) is 0. The summed E-state index contributed by atoms with van der Waals surface area (Å²) in [4.78, 5) is 42.5. The summed E-state index contributed by atoms with van der Waals surface area (Å²) < 4.78 is 25.1. The first-order chi connectivity index (χ1) is 18.7. The first kappa shape index (κ1) is 28.8. The van der Waals surface area contributed by atoms with Crippen LogP contribution in [0.25, 0.3) is 0 Å². The zero-order valence-corrected chi connectivity index (χ0v) is 23.7. The van der Waals surface area contributed by atoms with Gasteiger partial charge in [0.1, 0.15) is 22.4 Å². The van der Waals surface area contributed by atoms with Crippen molar-refractivity contribution in [1.82, 2.24) is 5.32 Å². The number of fused-ring (bicyclic) bond motifs is 1. The molecule has 0 bridgehead atoms. The Morgan fingerprint density at radius 1 is 0.850 bits per heavy atom. The van der Waals surface area contributed by atoms with Gasteiger partial charge >= 0.3 is 12.2 Å². The van der Waals surface area contributed by atoms with Crippen molar-refractivity contribution in [3.63, 3.8) is 0 Å². The Morgan fingerprint density at radius 3 is 2.02 bits per heavy atom. The van der Waals surface area contributed by atoms with Gasteiger partial charge in [-0.1, -0.05) is 60.7 Å². The number of nitrogens with one attached hydrogen (secondary N) is 1. The van der Waals surface area contributed by atoms with E-state index in [-0.39, 0.29) is 6.42 Å². The van der Waals surface area contributed by atoms with Crippen LogP contribution in [0.5, 0.6) is 0 Å². The molecule has 2 atom stereocenters. The average Bonchev–Trinajstić information content (AvgIpc) is 3.10. The van der Waals surface area contributed by atoms with Crippen LogP contribution < -0.4 is 10.2 Å². The van der Waals surface area contributed by atoms with Crippen LogP contribution in [-0.4, -0.2) is 29.3 Å². The Morgan fingerprint density at radius 2 is 1.43 bits per heavy atom. The van der Waals surface area contributed by atoms with Gasteiger partial charge in [0, 0.05) is 0 Å². The summed E-state index contributed by atoms with van der Waals surface area (Å²) in [6.07, 6.45) is -1.49. The lowest BCUT2D eigenvalue weighted by molar-refractivity contribution is -0.124. The number of imide groups is 1. The van der Waals surface area contributed by atoms with Crippen LogP contribution in [-0.2, 0) is 26.1 Å². The third-order valence-corrected chi connectivity index (χ3v) is 6.47. The van der Waals surface area contributed by atoms with Gasteiger partial charge in [0.2, 0.25) is 5.91 Å². The van der Waals surface area contributed by atoms with Crippen molar-refractivity contribution in [3.05, 3.63) is 101 Å². The molecule has 0 saturated heterocycles. The molecular weight excluding hydrogens is 511 g/mol. The Labute approximate surface area is 234 Å². The first-order valence-corrected chi connectivity index (χ1v) is 13.2. The molecule has 3 aromatic rings. The van der Waals surface area contributed by atoms with Crippen LogP contribution in [0.2, 0.25) is 0 Å². The summed E-state index contributed by atoms with van der Waals surface area (Å²) >= 11 is 0. The minimum atomic E-state index is -1.51. The molecule has 3 amide bonds. The van der Waals surface area contributed by atoms with E-state index in [0.717, 1.165) is 4.90 Å². The highest BCUT2D eigenvalue weighted by Gasteiger charge is 2.59. The second kappa shape index (κ2) is 10.8. The Balaban J connectivity index is 1.96. The molecule has 1 N–H and O–H groups in total. The quantitative estimate of drug-likeness (QED) is 0.378. The maximum Gasteiger partial charge on any atom is 0.421 e. The van der Waals surface area contributed by atoms with Crippen molar-refractivity contribution in [3.8, 4) is 0 Å². The van der Waals surface area contributed by atoms with Gasteiger partial charge in [-0.3, -0.25) is 4.79 Å². The van der Waals surface area contributed by atoms with Gasteiger partial charge in [0.05, 0.1) is 11.7 Å². The predicted octanol–water partition coefficient (Wildman–Crippen LogP) is 6.85. The number of anilines is 1. The Kier molecular flexibility index (Phi) is 7.74. The summed E-state index contributed by atoms with van der Waals surface area (Å²) in [5, 5.41) is 2.95. The molecule has 210 valence electrons. The molecule has 0 aromatic heterocycles.